The molecule has 2 rings (SSSR count). The molecule has 0 saturated carbocycles. The molecular weight excluding hydrogens is 206 g/mol. The smallest absolute Gasteiger partial charge is 0.277 e. The Morgan fingerprint density at radius 2 is 2.46 bits per heavy atom. The fraction of sp³-hybridized carbons (Fsp3) is 0. The highest BCUT2D eigenvalue weighted by molar-refractivity contribution is 7.08. The minimum Gasteiger partial charge on any atom is -0.320 e. The molecular formula is C7H5N3OS2. The molecule has 66 valence electrons. The highest BCUT2D eigenvalue weighted by Crippen LogP contribution is 2.12. The van der Waals surface area contributed by atoms with E-state index in [1.54, 1.807) is 0 Å². The van der Waals surface area contributed by atoms with Crippen molar-refractivity contribution in [3.63, 3.8) is 0 Å². The lowest BCUT2D eigenvalue weighted by Crippen LogP contribution is -2.11. The number of rotatable bonds is 2. The fourth-order valence-electron chi connectivity index (χ4n) is 0.795. The van der Waals surface area contributed by atoms with Gasteiger partial charge in [-0.3, -0.25) is 4.79 Å². The number of nitrogens with one attached hydrogen (secondary N) is 1. The van der Waals surface area contributed by atoms with Crippen LogP contribution in [0.15, 0.2) is 23.0 Å². The molecule has 0 spiro atoms. The Balaban J connectivity index is 2.08. The van der Waals surface area contributed by atoms with Crippen LogP contribution in [0.25, 0.3) is 0 Å². The first kappa shape index (κ1) is 8.33. The standard InChI is InChI=1S/C7H5N3OS2/c11-7(6-3-8-13-10-6)9-5-1-2-12-4-5/h1-4H,(H,9,11). The monoisotopic (exact) mass is 211 g/mol. The molecule has 13 heavy (non-hydrogen) atoms. The summed E-state index contributed by atoms with van der Waals surface area (Å²) < 4.78 is 7.56. The van der Waals surface area contributed by atoms with Gasteiger partial charge in [-0.15, -0.1) is 0 Å². The van der Waals surface area contributed by atoms with E-state index in [9.17, 15) is 4.79 Å². The zero-order chi connectivity index (χ0) is 9.10. The van der Waals surface area contributed by atoms with Crippen LogP contribution < -0.4 is 5.32 Å². The molecule has 1 N–H and O–H groups in total. The van der Waals surface area contributed by atoms with Crippen LogP contribution in [0.3, 0.4) is 0 Å². The summed E-state index contributed by atoms with van der Waals surface area (Å²) in [6.45, 7) is 0. The summed E-state index contributed by atoms with van der Waals surface area (Å²) in [6.07, 6.45) is 1.45. The molecule has 0 aliphatic rings. The Morgan fingerprint density at radius 3 is 3.08 bits per heavy atom. The van der Waals surface area contributed by atoms with E-state index in [0.717, 1.165) is 17.4 Å². The fourth-order valence-corrected chi connectivity index (χ4v) is 1.80. The lowest BCUT2D eigenvalue weighted by Gasteiger charge is -1.96. The van der Waals surface area contributed by atoms with Gasteiger partial charge in [0.25, 0.3) is 5.91 Å². The Bertz CT molecular complexity index is 382. The lowest BCUT2D eigenvalue weighted by molar-refractivity contribution is 0.102. The third-order valence-corrected chi connectivity index (χ3v) is 2.53. The number of anilines is 1. The van der Waals surface area contributed by atoms with Crippen molar-refractivity contribution >= 4 is 34.7 Å². The third-order valence-electron chi connectivity index (χ3n) is 1.37. The topological polar surface area (TPSA) is 54.9 Å². The maximum Gasteiger partial charge on any atom is 0.277 e. The van der Waals surface area contributed by atoms with Crippen molar-refractivity contribution in [3.8, 4) is 0 Å². The minimum atomic E-state index is -0.216. The van der Waals surface area contributed by atoms with E-state index < -0.39 is 0 Å². The number of carbonyl (C=O) groups is 1. The molecule has 6 heteroatoms. The maximum absolute atomic E-state index is 11.4. The zero-order valence-electron chi connectivity index (χ0n) is 6.43. The summed E-state index contributed by atoms with van der Waals surface area (Å²) in [4.78, 5) is 11.4. The first-order valence-electron chi connectivity index (χ1n) is 3.47. The second-order valence-electron chi connectivity index (χ2n) is 2.26. The summed E-state index contributed by atoms with van der Waals surface area (Å²) >= 11 is 2.55. The van der Waals surface area contributed by atoms with Crippen LogP contribution in [0.4, 0.5) is 5.69 Å². The summed E-state index contributed by atoms with van der Waals surface area (Å²) in [5, 5.41) is 6.46. The summed E-state index contributed by atoms with van der Waals surface area (Å²) in [5.41, 5.74) is 1.15. The van der Waals surface area contributed by atoms with Crippen LogP contribution in [0, 0.1) is 0 Å². The quantitative estimate of drug-likeness (QED) is 0.824. The largest absolute Gasteiger partial charge is 0.320 e. The summed E-state index contributed by atoms with van der Waals surface area (Å²) in [5.74, 6) is -0.216. The Kier molecular flexibility index (Phi) is 2.33. The molecule has 1 amide bonds. The van der Waals surface area contributed by atoms with Crippen molar-refractivity contribution in [2.24, 2.45) is 0 Å². The van der Waals surface area contributed by atoms with Crippen molar-refractivity contribution in [2.75, 3.05) is 5.32 Å². The number of hydrogen-bond acceptors (Lipinski definition) is 5. The second kappa shape index (κ2) is 3.63. The zero-order valence-corrected chi connectivity index (χ0v) is 8.06. The number of amides is 1. The van der Waals surface area contributed by atoms with E-state index in [1.165, 1.54) is 17.5 Å². The van der Waals surface area contributed by atoms with E-state index in [4.69, 9.17) is 0 Å². The number of aromatic nitrogens is 2. The first-order valence-corrected chi connectivity index (χ1v) is 5.14. The van der Waals surface area contributed by atoms with E-state index >= 15 is 0 Å². The van der Waals surface area contributed by atoms with Gasteiger partial charge in [0, 0.05) is 5.38 Å². The molecule has 0 bridgehead atoms. The van der Waals surface area contributed by atoms with Crippen molar-refractivity contribution in [1.82, 2.24) is 8.75 Å². The molecule has 0 aromatic carbocycles. The highest BCUT2D eigenvalue weighted by Gasteiger charge is 2.08. The van der Waals surface area contributed by atoms with Gasteiger partial charge < -0.3 is 5.32 Å². The molecule has 2 aromatic heterocycles. The summed E-state index contributed by atoms with van der Waals surface area (Å²) in [6, 6.07) is 1.84. The van der Waals surface area contributed by atoms with Crippen LogP contribution in [-0.4, -0.2) is 14.7 Å². The van der Waals surface area contributed by atoms with Crippen molar-refractivity contribution < 1.29 is 4.79 Å². The van der Waals surface area contributed by atoms with Crippen LogP contribution in [0.2, 0.25) is 0 Å². The summed E-state index contributed by atoms with van der Waals surface area (Å²) in [7, 11) is 0. The van der Waals surface area contributed by atoms with Gasteiger partial charge in [0.1, 0.15) is 0 Å². The molecule has 2 aromatic rings. The van der Waals surface area contributed by atoms with Crippen molar-refractivity contribution in [2.45, 2.75) is 0 Å². The van der Waals surface area contributed by atoms with Crippen molar-refractivity contribution in [1.29, 1.82) is 0 Å². The highest BCUT2D eigenvalue weighted by atomic mass is 32.1. The van der Waals surface area contributed by atoms with E-state index in [-0.39, 0.29) is 5.91 Å². The molecule has 0 unspecified atom stereocenters. The van der Waals surface area contributed by atoms with Crippen LogP contribution in [0.5, 0.6) is 0 Å². The molecule has 0 radical (unpaired) electrons. The normalized spacial score (nSPS) is 9.85. The van der Waals surface area contributed by atoms with Gasteiger partial charge in [0.05, 0.1) is 23.6 Å². The first-order chi connectivity index (χ1) is 6.36. The number of thiophene rings is 1. The molecule has 4 nitrogen and oxygen atoms in total. The van der Waals surface area contributed by atoms with Gasteiger partial charge in [0.2, 0.25) is 0 Å². The van der Waals surface area contributed by atoms with Gasteiger partial charge in [-0.25, -0.2) is 0 Å². The number of hydrogen-bond donors (Lipinski definition) is 1. The minimum absolute atomic E-state index is 0.216. The molecule has 2 heterocycles. The van der Waals surface area contributed by atoms with E-state index in [1.807, 2.05) is 16.8 Å². The van der Waals surface area contributed by atoms with Gasteiger partial charge >= 0.3 is 0 Å². The molecule has 0 fully saturated rings. The predicted molar refractivity (Wildman–Crippen MR) is 52.2 cm³/mol. The average Bonchev–Trinajstić information content (AvgIpc) is 2.74. The maximum atomic E-state index is 11.4. The van der Waals surface area contributed by atoms with Crippen LogP contribution in [0.1, 0.15) is 10.5 Å². The number of nitrogens with zero attached hydrogens (tertiary/aromatic N) is 2. The lowest BCUT2D eigenvalue weighted by atomic mass is 10.4. The molecule has 0 saturated heterocycles. The molecule has 0 aliphatic heterocycles. The van der Waals surface area contributed by atoms with Gasteiger partial charge in [-0.1, -0.05) is 0 Å². The number of carbonyl (C=O) groups excluding carboxylic acids is 1. The molecule has 0 atom stereocenters. The third kappa shape index (κ3) is 1.90. The van der Waals surface area contributed by atoms with Crippen LogP contribution >= 0.6 is 23.1 Å². The average molecular weight is 211 g/mol. The van der Waals surface area contributed by atoms with E-state index in [0.29, 0.717) is 5.69 Å². The van der Waals surface area contributed by atoms with Gasteiger partial charge in [-0.2, -0.15) is 20.1 Å². The van der Waals surface area contributed by atoms with E-state index in [2.05, 4.69) is 14.1 Å². The Hall–Kier alpha value is -1.27. The SMILES string of the molecule is O=C(Nc1ccsc1)c1cnsn1. The Morgan fingerprint density at radius 1 is 1.54 bits per heavy atom. The van der Waals surface area contributed by atoms with Gasteiger partial charge in [0.15, 0.2) is 5.69 Å². The Labute approximate surface area is 82.6 Å². The predicted octanol–water partition coefficient (Wildman–Crippen LogP) is 1.85. The van der Waals surface area contributed by atoms with Crippen molar-refractivity contribution in [3.05, 3.63) is 28.7 Å². The van der Waals surface area contributed by atoms with Gasteiger partial charge in [-0.05, 0) is 11.4 Å². The van der Waals surface area contributed by atoms with Crippen LogP contribution in [-0.2, 0) is 0 Å². The second-order valence-corrected chi connectivity index (χ2v) is 3.60. The molecule has 0 aliphatic carbocycles.